The van der Waals surface area contributed by atoms with Gasteiger partial charge in [-0.25, -0.2) is 0 Å². The van der Waals surface area contributed by atoms with Gasteiger partial charge < -0.3 is 15.0 Å². The Balaban J connectivity index is 1.49. The molecule has 0 saturated carbocycles. The summed E-state index contributed by atoms with van der Waals surface area (Å²) in [7, 11) is 1.69. The zero-order chi connectivity index (χ0) is 18.4. The lowest BCUT2D eigenvalue weighted by Gasteiger charge is -2.35. The second-order valence-corrected chi connectivity index (χ2v) is 7.12. The standard InChI is InChI=1S/C20H25N3O2S/c1-25-18-7-4-6-17(14-18)23-11-9-22(10-12-23)15-20(24)21-16-5-3-8-19(13-16)26-2/h3-8,13-14H,9-12,15H2,1-2H3,(H,21,24). The van der Waals surface area contributed by atoms with Gasteiger partial charge in [-0.05, 0) is 36.6 Å². The van der Waals surface area contributed by atoms with Crippen molar-refractivity contribution in [3.63, 3.8) is 0 Å². The van der Waals surface area contributed by atoms with Gasteiger partial charge in [-0.3, -0.25) is 9.69 Å². The van der Waals surface area contributed by atoms with Crippen LogP contribution in [0.15, 0.2) is 53.4 Å². The van der Waals surface area contributed by atoms with E-state index in [0.29, 0.717) is 6.54 Å². The molecule has 1 fully saturated rings. The van der Waals surface area contributed by atoms with Crippen LogP contribution in [0.5, 0.6) is 5.75 Å². The number of methoxy groups -OCH3 is 1. The van der Waals surface area contributed by atoms with Gasteiger partial charge in [0, 0.05) is 48.5 Å². The zero-order valence-electron chi connectivity index (χ0n) is 15.3. The molecule has 2 aromatic carbocycles. The molecule has 0 unspecified atom stereocenters. The summed E-state index contributed by atoms with van der Waals surface area (Å²) >= 11 is 1.67. The number of nitrogens with zero attached hydrogens (tertiary/aromatic N) is 2. The number of ether oxygens (including phenoxy) is 1. The molecule has 0 atom stereocenters. The summed E-state index contributed by atoms with van der Waals surface area (Å²) in [5.74, 6) is 0.912. The first-order valence-corrected chi connectivity index (χ1v) is 9.95. The van der Waals surface area contributed by atoms with E-state index in [4.69, 9.17) is 4.74 Å². The molecule has 0 spiro atoms. The number of benzene rings is 2. The molecule has 0 aromatic heterocycles. The van der Waals surface area contributed by atoms with Crippen molar-refractivity contribution in [1.82, 2.24) is 4.90 Å². The molecule has 1 amide bonds. The van der Waals surface area contributed by atoms with Crippen LogP contribution in [0.2, 0.25) is 0 Å². The van der Waals surface area contributed by atoms with E-state index in [1.165, 1.54) is 5.69 Å². The third-order valence-corrected chi connectivity index (χ3v) is 5.24. The van der Waals surface area contributed by atoms with Crippen molar-refractivity contribution in [1.29, 1.82) is 0 Å². The lowest BCUT2D eigenvalue weighted by atomic mass is 10.2. The van der Waals surface area contributed by atoms with E-state index in [2.05, 4.69) is 27.2 Å². The Morgan fingerprint density at radius 3 is 2.62 bits per heavy atom. The number of hydrogen-bond acceptors (Lipinski definition) is 5. The Morgan fingerprint density at radius 1 is 1.12 bits per heavy atom. The summed E-state index contributed by atoms with van der Waals surface area (Å²) in [4.78, 5) is 18.0. The SMILES string of the molecule is COc1cccc(N2CCN(CC(=O)Nc3cccc(SC)c3)CC2)c1. The number of nitrogens with one attached hydrogen (secondary N) is 1. The van der Waals surface area contributed by atoms with Crippen LogP contribution in [0.3, 0.4) is 0 Å². The third kappa shape index (κ3) is 4.93. The number of carbonyl (C=O) groups excluding carboxylic acids is 1. The van der Waals surface area contributed by atoms with Crippen LogP contribution in [0.4, 0.5) is 11.4 Å². The van der Waals surface area contributed by atoms with Crippen molar-refractivity contribution < 1.29 is 9.53 Å². The highest BCUT2D eigenvalue weighted by Crippen LogP contribution is 2.22. The maximum Gasteiger partial charge on any atom is 0.238 e. The molecule has 1 aliphatic heterocycles. The highest BCUT2D eigenvalue weighted by atomic mass is 32.2. The Hall–Kier alpha value is -2.18. The quantitative estimate of drug-likeness (QED) is 0.790. The Kier molecular flexibility index (Phi) is 6.41. The second-order valence-electron chi connectivity index (χ2n) is 6.24. The van der Waals surface area contributed by atoms with Gasteiger partial charge in [-0.15, -0.1) is 11.8 Å². The lowest BCUT2D eigenvalue weighted by molar-refractivity contribution is -0.117. The van der Waals surface area contributed by atoms with Crippen LogP contribution in [-0.2, 0) is 4.79 Å². The van der Waals surface area contributed by atoms with Gasteiger partial charge in [-0.2, -0.15) is 0 Å². The minimum atomic E-state index is 0.0399. The Labute approximate surface area is 159 Å². The molecule has 1 heterocycles. The summed E-state index contributed by atoms with van der Waals surface area (Å²) in [6.45, 7) is 3.98. The van der Waals surface area contributed by atoms with Crippen molar-refractivity contribution in [2.75, 3.05) is 56.3 Å². The van der Waals surface area contributed by atoms with Crippen LogP contribution in [0.25, 0.3) is 0 Å². The number of carbonyl (C=O) groups is 1. The normalized spacial score (nSPS) is 14.9. The molecule has 3 rings (SSSR count). The average Bonchev–Trinajstić information content (AvgIpc) is 2.68. The first-order chi connectivity index (χ1) is 12.7. The minimum Gasteiger partial charge on any atom is -0.497 e. The summed E-state index contributed by atoms with van der Waals surface area (Å²) in [6.07, 6.45) is 2.03. The fourth-order valence-electron chi connectivity index (χ4n) is 3.08. The van der Waals surface area contributed by atoms with Gasteiger partial charge >= 0.3 is 0 Å². The minimum absolute atomic E-state index is 0.0399. The molecular formula is C20H25N3O2S. The molecule has 1 aliphatic rings. The van der Waals surface area contributed by atoms with Crippen LogP contribution in [0, 0.1) is 0 Å². The molecule has 0 radical (unpaired) electrons. The van der Waals surface area contributed by atoms with E-state index in [0.717, 1.165) is 42.5 Å². The number of rotatable bonds is 6. The van der Waals surface area contributed by atoms with Crippen molar-refractivity contribution in [2.24, 2.45) is 0 Å². The lowest BCUT2D eigenvalue weighted by Crippen LogP contribution is -2.48. The first-order valence-electron chi connectivity index (χ1n) is 8.73. The van der Waals surface area contributed by atoms with E-state index in [1.54, 1.807) is 18.9 Å². The summed E-state index contributed by atoms with van der Waals surface area (Å²) < 4.78 is 5.30. The number of hydrogen-bond donors (Lipinski definition) is 1. The Morgan fingerprint density at radius 2 is 1.88 bits per heavy atom. The van der Waals surface area contributed by atoms with Gasteiger partial charge in [-0.1, -0.05) is 12.1 Å². The molecule has 26 heavy (non-hydrogen) atoms. The van der Waals surface area contributed by atoms with Crippen LogP contribution in [0.1, 0.15) is 0 Å². The molecule has 0 bridgehead atoms. The second kappa shape index (κ2) is 8.96. The summed E-state index contributed by atoms with van der Waals surface area (Å²) in [5, 5.41) is 3.00. The van der Waals surface area contributed by atoms with Gasteiger partial charge in [0.15, 0.2) is 0 Å². The first kappa shape index (κ1) is 18.6. The molecule has 0 aliphatic carbocycles. The summed E-state index contributed by atoms with van der Waals surface area (Å²) in [5.41, 5.74) is 2.03. The van der Waals surface area contributed by atoms with E-state index in [9.17, 15) is 4.79 Å². The van der Waals surface area contributed by atoms with E-state index < -0.39 is 0 Å². The topological polar surface area (TPSA) is 44.8 Å². The predicted molar refractivity (Wildman–Crippen MR) is 108 cm³/mol. The highest BCUT2D eigenvalue weighted by molar-refractivity contribution is 7.98. The monoisotopic (exact) mass is 371 g/mol. The fourth-order valence-corrected chi connectivity index (χ4v) is 3.54. The van der Waals surface area contributed by atoms with Crippen molar-refractivity contribution in [3.05, 3.63) is 48.5 Å². The average molecular weight is 372 g/mol. The van der Waals surface area contributed by atoms with Gasteiger partial charge in [0.25, 0.3) is 0 Å². The van der Waals surface area contributed by atoms with E-state index >= 15 is 0 Å². The molecule has 138 valence electrons. The zero-order valence-corrected chi connectivity index (χ0v) is 16.1. The van der Waals surface area contributed by atoms with Crippen LogP contribution >= 0.6 is 11.8 Å². The fraction of sp³-hybridized carbons (Fsp3) is 0.350. The van der Waals surface area contributed by atoms with Crippen molar-refractivity contribution >= 4 is 29.0 Å². The molecular weight excluding hydrogens is 346 g/mol. The molecule has 1 saturated heterocycles. The number of piperazine rings is 1. The maximum absolute atomic E-state index is 12.3. The maximum atomic E-state index is 12.3. The molecule has 2 aromatic rings. The predicted octanol–water partition coefficient (Wildman–Crippen LogP) is 3.18. The molecule has 5 nitrogen and oxygen atoms in total. The van der Waals surface area contributed by atoms with Crippen LogP contribution < -0.4 is 15.0 Å². The Bertz CT molecular complexity index is 745. The van der Waals surface area contributed by atoms with E-state index in [-0.39, 0.29) is 5.91 Å². The van der Waals surface area contributed by atoms with Gasteiger partial charge in [0.05, 0.1) is 13.7 Å². The third-order valence-electron chi connectivity index (χ3n) is 4.51. The highest BCUT2D eigenvalue weighted by Gasteiger charge is 2.19. The number of anilines is 2. The molecule has 6 heteroatoms. The molecule has 1 N–H and O–H groups in total. The van der Waals surface area contributed by atoms with Crippen LogP contribution in [-0.4, -0.2) is 56.9 Å². The van der Waals surface area contributed by atoms with Gasteiger partial charge in [0.2, 0.25) is 5.91 Å². The largest absolute Gasteiger partial charge is 0.497 e. The smallest absolute Gasteiger partial charge is 0.238 e. The number of amides is 1. The van der Waals surface area contributed by atoms with Crippen molar-refractivity contribution in [2.45, 2.75) is 4.90 Å². The van der Waals surface area contributed by atoms with E-state index in [1.807, 2.05) is 42.7 Å². The van der Waals surface area contributed by atoms with Crippen molar-refractivity contribution in [3.8, 4) is 5.75 Å². The summed E-state index contributed by atoms with van der Waals surface area (Å²) in [6, 6.07) is 16.1. The van der Waals surface area contributed by atoms with Gasteiger partial charge in [0.1, 0.15) is 5.75 Å². The number of thioether (sulfide) groups is 1.